The molecule has 0 unspecified atom stereocenters. The minimum atomic E-state index is -0.0865. The van der Waals surface area contributed by atoms with Crippen molar-refractivity contribution in [2.75, 3.05) is 6.26 Å². The van der Waals surface area contributed by atoms with Crippen LogP contribution in [-0.2, 0) is 4.79 Å². The first-order valence-corrected chi connectivity index (χ1v) is 7.89. The van der Waals surface area contributed by atoms with Crippen molar-refractivity contribution in [3.63, 3.8) is 0 Å². The summed E-state index contributed by atoms with van der Waals surface area (Å²) in [6.07, 6.45) is 6.45. The lowest BCUT2D eigenvalue weighted by atomic mass is 9.75. The van der Waals surface area contributed by atoms with Gasteiger partial charge < -0.3 is 5.32 Å². The van der Waals surface area contributed by atoms with Crippen molar-refractivity contribution in [3.05, 3.63) is 35.9 Å². The summed E-state index contributed by atoms with van der Waals surface area (Å²) in [7, 11) is 0. The van der Waals surface area contributed by atoms with Gasteiger partial charge in [-0.05, 0) is 37.5 Å². The molecule has 1 aromatic carbocycles. The molecule has 0 spiro atoms. The summed E-state index contributed by atoms with van der Waals surface area (Å²) >= 11 is 1.71. The van der Waals surface area contributed by atoms with Gasteiger partial charge in [0.1, 0.15) is 0 Å². The molecular formula is C15H19NOS. The third-order valence-corrected chi connectivity index (χ3v) is 5.70. The fourth-order valence-electron chi connectivity index (χ4n) is 2.71. The number of carbonyl (C=O) groups is 1. The minimum Gasteiger partial charge on any atom is -0.352 e. The van der Waals surface area contributed by atoms with Crippen LogP contribution in [0.4, 0.5) is 0 Å². The summed E-state index contributed by atoms with van der Waals surface area (Å²) in [5, 5.41) is 3.26. The van der Waals surface area contributed by atoms with E-state index in [4.69, 9.17) is 0 Å². The van der Waals surface area contributed by atoms with Gasteiger partial charge in [-0.25, -0.2) is 0 Å². The minimum absolute atomic E-state index is 0.0865. The smallest absolute Gasteiger partial charge is 0.236 e. The van der Waals surface area contributed by atoms with Crippen molar-refractivity contribution in [1.82, 2.24) is 5.32 Å². The van der Waals surface area contributed by atoms with Gasteiger partial charge in [-0.1, -0.05) is 30.3 Å². The van der Waals surface area contributed by atoms with E-state index in [1.165, 1.54) is 12.0 Å². The standard InChI is InChI=1S/C15H19NOS/c1-18-15(9-10-15)14(17)16-13-8-7-12(13)11-5-3-2-4-6-11/h2-6,12-13H,7-10H2,1H3,(H,16,17)/t12-,13-/m1/s1. The Morgan fingerprint density at radius 3 is 2.50 bits per heavy atom. The monoisotopic (exact) mass is 261 g/mol. The van der Waals surface area contributed by atoms with E-state index in [1.54, 1.807) is 11.8 Å². The highest BCUT2D eigenvalue weighted by molar-refractivity contribution is 8.01. The van der Waals surface area contributed by atoms with Crippen molar-refractivity contribution in [2.45, 2.75) is 42.4 Å². The molecule has 3 rings (SSSR count). The van der Waals surface area contributed by atoms with Crippen LogP contribution < -0.4 is 5.32 Å². The lowest BCUT2D eigenvalue weighted by molar-refractivity contribution is -0.122. The first kappa shape index (κ1) is 12.1. The van der Waals surface area contributed by atoms with Crippen LogP contribution in [0.2, 0.25) is 0 Å². The summed E-state index contributed by atoms with van der Waals surface area (Å²) in [5.74, 6) is 0.786. The van der Waals surface area contributed by atoms with Gasteiger partial charge in [0.25, 0.3) is 0 Å². The van der Waals surface area contributed by atoms with Crippen LogP contribution in [0.3, 0.4) is 0 Å². The molecule has 96 valence electrons. The zero-order chi connectivity index (χ0) is 12.6. The van der Waals surface area contributed by atoms with Crippen molar-refractivity contribution < 1.29 is 4.79 Å². The second kappa shape index (κ2) is 4.61. The highest BCUT2D eigenvalue weighted by atomic mass is 32.2. The van der Waals surface area contributed by atoms with Gasteiger partial charge in [-0.2, -0.15) is 0 Å². The number of amides is 1. The van der Waals surface area contributed by atoms with E-state index in [0.29, 0.717) is 12.0 Å². The third-order valence-electron chi connectivity index (χ3n) is 4.33. The maximum atomic E-state index is 12.2. The number of hydrogen-bond donors (Lipinski definition) is 1. The summed E-state index contributed by atoms with van der Waals surface area (Å²) in [5.41, 5.74) is 1.36. The second-order valence-corrected chi connectivity index (χ2v) is 6.56. The van der Waals surface area contributed by atoms with Crippen molar-refractivity contribution in [1.29, 1.82) is 0 Å². The van der Waals surface area contributed by atoms with Crippen LogP contribution >= 0.6 is 11.8 Å². The highest BCUT2D eigenvalue weighted by Gasteiger charge is 2.50. The molecule has 2 saturated carbocycles. The topological polar surface area (TPSA) is 29.1 Å². The molecule has 3 heteroatoms. The molecule has 0 aliphatic heterocycles. The van der Waals surface area contributed by atoms with Crippen LogP contribution in [0.1, 0.15) is 37.2 Å². The molecule has 18 heavy (non-hydrogen) atoms. The molecule has 2 atom stereocenters. The Morgan fingerprint density at radius 2 is 2.00 bits per heavy atom. The van der Waals surface area contributed by atoms with E-state index in [0.717, 1.165) is 19.3 Å². The molecule has 2 fully saturated rings. The fourth-order valence-corrected chi connectivity index (χ4v) is 3.46. The van der Waals surface area contributed by atoms with Gasteiger partial charge in [0.2, 0.25) is 5.91 Å². The number of hydrogen-bond acceptors (Lipinski definition) is 2. The number of nitrogens with one attached hydrogen (secondary N) is 1. The molecule has 0 radical (unpaired) electrons. The van der Waals surface area contributed by atoms with Gasteiger partial charge in [0.05, 0.1) is 4.75 Å². The zero-order valence-corrected chi connectivity index (χ0v) is 11.5. The Hall–Kier alpha value is -0.960. The number of rotatable bonds is 4. The van der Waals surface area contributed by atoms with Crippen LogP contribution in [0.5, 0.6) is 0 Å². The second-order valence-electron chi connectivity index (χ2n) is 5.37. The van der Waals surface area contributed by atoms with Gasteiger partial charge >= 0.3 is 0 Å². The first-order valence-electron chi connectivity index (χ1n) is 6.66. The van der Waals surface area contributed by atoms with E-state index in [9.17, 15) is 4.79 Å². The average molecular weight is 261 g/mol. The quantitative estimate of drug-likeness (QED) is 0.903. The molecular weight excluding hydrogens is 242 g/mol. The number of benzene rings is 1. The summed E-state index contributed by atoms with van der Waals surface area (Å²) in [6.45, 7) is 0. The molecule has 0 heterocycles. The SMILES string of the molecule is CSC1(C(=O)N[C@@H]2CC[C@@H]2c2ccccc2)CC1. The lowest BCUT2D eigenvalue weighted by Crippen LogP contribution is -2.48. The Kier molecular flexibility index (Phi) is 3.10. The van der Waals surface area contributed by atoms with Gasteiger partial charge in [-0.15, -0.1) is 11.8 Å². The Balaban J connectivity index is 1.63. The molecule has 1 amide bonds. The maximum Gasteiger partial charge on any atom is 0.236 e. The molecule has 1 aromatic rings. The molecule has 1 N–H and O–H groups in total. The molecule has 2 aliphatic rings. The Bertz CT molecular complexity index is 441. The summed E-state index contributed by atoms with van der Waals surface area (Å²) < 4.78 is -0.0865. The predicted molar refractivity (Wildman–Crippen MR) is 75.8 cm³/mol. The molecule has 0 bridgehead atoms. The Morgan fingerprint density at radius 1 is 1.28 bits per heavy atom. The van der Waals surface area contributed by atoms with Crippen LogP contribution in [0.25, 0.3) is 0 Å². The zero-order valence-electron chi connectivity index (χ0n) is 10.7. The van der Waals surface area contributed by atoms with E-state index in [1.807, 2.05) is 12.3 Å². The molecule has 2 nitrogen and oxygen atoms in total. The van der Waals surface area contributed by atoms with Crippen molar-refractivity contribution >= 4 is 17.7 Å². The lowest BCUT2D eigenvalue weighted by Gasteiger charge is -2.38. The van der Waals surface area contributed by atoms with Crippen LogP contribution in [-0.4, -0.2) is 23.0 Å². The first-order chi connectivity index (χ1) is 8.75. The van der Waals surface area contributed by atoms with Gasteiger partial charge in [-0.3, -0.25) is 4.79 Å². The number of thioether (sulfide) groups is 1. The summed E-state index contributed by atoms with van der Waals surface area (Å²) in [4.78, 5) is 12.2. The third kappa shape index (κ3) is 2.05. The molecule has 0 aromatic heterocycles. The number of carbonyl (C=O) groups excluding carboxylic acids is 1. The molecule has 2 aliphatic carbocycles. The van der Waals surface area contributed by atoms with Gasteiger partial charge in [0, 0.05) is 12.0 Å². The van der Waals surface area contributed by atoms with Crippen LogP contribution in [0, 0.1) is 0 Å². The van der Waals surface area contributed by atoms with E-state index in [-0.39, 0.29) is 10.7 Å². The van der Waals surface area contributed by atoms with Gasteiger partial charge in [0.15, 0.2) is 0 Å². The molecule has 0 saturated heterocycles. The highest BCUT2D eigenvalue weighted by Crippen LogP contribution is 2.48. The van der Waals surface area contributed by atoms with E-state index < -0.39 is 0 Å². The largest absolute Gasteiger partial charge is 0.352 e. The summed E-state index contributed by atoms with van der Waals surface area (Å²) in [6, 6.07) is 10.9. The fraction of sp³-hybridized carbons (Fsp3) is 0.533. The average Bonchev–Trinajstić information content (AvgIpc) is 3.16. The normalized spacial score (nSPS) is 28.3. The van der Waals surface area contributed by atoms with Crippen molar-refractivity contribution in [3.8, 4) is 0 Å². The van der Waals surface area contributed by atoms with Crippen molar-refractivity contribution in [2.24, 2.45) is 0 Å². The van der Waals surface area contributed by atoms with E-state index in [2.05, 4.69) is 29.6 Å². The van der Waals surface area contributed by atoms with Crippen LogP contribution in [0.15, 0.2) is 30.3 Å². The predicted octanol–water partition coefficient (Wildman–Crippen LogP) is 2.94. The maximum absolute atomic E-state index is 12.2. The van der Waals surface area contributed by atoms with E-state index >= 15 is 0 Å². The Labute approximate surface area is 113 Å².